The maximum atomic E-state index is 12.8. The molecule has 1 aromatic carbocycles. The molecule has 1 aliphatic rings. The highest BCUT2D eigenvalue weighted by molar-refractivity contribution is 7.09. The molecule has 0 radical (unpaired) electrons. The van der Waals surface area contributed by atoms with E-state index in [1.165, 1.54) is 0 Å². The minimum Gasteiger partial charge on any atom is -0.369 e. The van der Waals surface area contributed by atoms with E-state index in [1.54, 1.807) is 11.3 Å². The van der Waals surface area contributed by atoms with Gasteiger partial charge in [0.05, 0.1) is 35.8 Å². The van der Waals surface area contributed by atoms with Gasteiger partial charge in [-0.3, -0.25) is 4.79 Å². The predicted molar refractivity (Wildman–Crippen MR) is 91.5 cm³/mol. The Hall–Kier alpha value is -1.72. The molecule has 2 heterocycles. The second-order valence-corrected chi connectivity index (χ2v) is 7.15. The van der Waals surface area contributed by atoms with Gasteiger partial charge in [0, 0.05) is 5.38 Å². The minimum absolute atomic E-state index is 0.00776. The van der Waals surface area contributed by atoms with Gasteiger partial charge in [0.25, 0.3) is 0 Å². The summed E-state index contributed by atoms with van der Waals surface area (Å²) in [5, 5.41) is 2.97. The number of aryl methyl sites for hydroxylation is 1. The molecule has 1 aromatic heterocycles. The molecule has 3 atom stereocenters. The fourth-order valence-electron chi connectivity index (χ4n) is 3.24. The van der Waals surface area contributed by atoms with Crippen molar-refractivity contribution in [2.45, 2.75) is 45.4 Å². The fourth-order valence-corrected chi connectivity index (χ4v) is 3.85. The summed E-state index contributed by atoms with van der Waals surface area (Å²) in [5.74, 6) is 0.125. The summed E-state index contributed by atoms with van der Waals surface area (Å²) in [6.45, 7) is 6.63. The van der Waals surface area contributed by atoms with Gasteiger partial charge in [0.1, 0.15) is 6.10 Å². The minimum atomic E-state index is -0.0754. The number of nitrogens with zero attached hydrogens (tertiary/aromatic N) is 2. The second-order valence-electron chi connectivity index (χ2n) is 6.09. The van der Waals surface area contributed by atoms with E-state index in [4.69, 9.17) is 4.74 Å². The summed E-state index contributed by atoms with van der Waals surface area (Å²) < 4.78 is 6.02. The Bertz CT molecular complexity index is 671. The van der Waals surface area contributed by atoms with Crippen LogP contribution in [0.1, 0.15) is 36.2 Å². The maximum absolute atomic E-state index is 12.8. The molecule has 3 unspecified atom stereocenters. The quantitative estimate of drug-likeness (QED) is 0.866. The Kier molecular flexibility index (Phi) is 4.78. The molecule has 0 bridgehead atoms. The van der Waals surface area contributed by atoms with Gasteiger partial charge in [-0.25, -0.2) is 4.98 Å². The maximum Gasteiger partial charge on any atom is 0.229 e. The van der Waals surface area contributed by atoms with Gasteiger partial charge in [-0.1, -0.05) is 30.3 Å². The molecule has 1 amide bonds. The van der Waals surface area contributed by atoms with Crippen LogP contribution in [-0.4, -0.2) is 34.5 Å². The summed E-state index contributed by atoms with van der Waals surface area (Å²) >= 11 is 1.59. The van der Waals surface area contributed by atoms with Crippen LogP contribution in [0.3, 0.4) is 0 Å². The Labute approximate surface area is 141 Å². The van der Waals surface area contributed by atoms with Gasteiger partial charge >= 0.3 is 0 Å². The van der Waals surface area contributed by atoms with E-state index < -0.39 is 0 Å². The standard InChI is InChI=1S/C18H22N2O2S/c1-12-10-22-18(15-7-5-4-6-8-15)13(2)20(12)17(21)9-16-11-23-14(3)19-16/h4-8,11-13,18H,9-10H2,1-3H3. The summed E-state index contributed by atoms with van der Waals surface area (Å²) in [6, 6.07) is 10.2. The number of ether oxygens (including phenoxy) is 1. The van der Waals surface area contributed by atoms with Crippen molar-refractivity contribution in [3.8, 4) is 0 Å². The van der Waals surface area contributed by atoms with E-state index >= 15 is 0 Å². The molecule has 0 saturated carbocycles. The first-order valence-electron chi connectivity index (χ1n) is 7.95. The van der Waals surface area contributed by atoms with Crippen LogP contribution in [0.2, 0.25) is 0 Å². The van der Waals surface area contributed by atoms with Crippen molar-refractivity contribution < 1.29 is 9.53 Å². The lowest BCUT2D eigenvalue weighted by Gasteiger charge is -2.43. The van der Waals surface area contributed by atoms with Gasteiger partial charge in [-0.05, 0) is 26.3 Å². The van der Waals surface area contributed by atoms with Crippen LogP contribution in [-0.2, 0) is 16.0 Å². The number of carbonyl (C=O) groups is 1. The number of hydrogen-bond acceptors (Lipinski definition) is 4. The van der Waals surface area contributed by atoms with Crippen molar-refractivity contribution in [3.63, 3.8) is 0 Å². The number of rotatable bonds is 3. The lowest BCUT2D eigenvalue weighted by atomic mass is 9.98. The summed E-state index contributed by atoms with van der Waals surface area (Å²) in [4.78, 5) is 19.2. The number of hydrogen-bond donors (Lipinski definition) is 0. The van der Waals surface area contributed by atoms with Crippen LogP contribution in [0.5, 0.6) is 0 Å². The average Bonchev–Trinajstić information content (AvgIpc) is 2.93. The van der Waals surface area contributed by atoms with Crippen molar-refractivity contribution >= 4 is 17.2 Å². The highest BCUT2D eigenvalue weighted by atomic mass is 32.1. The van der Waals surface area contributed by atoms with Gasteiger partial charge < -0.3 is 9.64 Å². The largest absolute Gasteiger partial charge is 0.369 e. The molecule has 3 rings (SSSR count). The van der Waals surface area contributed by atoms with Gasteiger partial charge in [-0.2, -0.15) is 0 Å². The zero-order chi connectivity index (χ0) is 16.4. The van der Waals surface area contributed by atoms with Gasteiger partial charge in [-0.15, -0.1) is 11.3 Å². The Morgan fingerprint density at radius 1 is 1.35 bits per heavy atom. The van der Waals surface area contributed by atoms with E-state index in [-0.39, 0.29) is 24.1 Å². The van der Waals surface area contributed by atoms with E-state index in [9.17, 15) is 4.79 Å². The Balaban J connectivity index is 1.77. The molecule has 5 heteroatoms. The Morgan fingerprint density at radius 2 is 2.09 bits per heavy atom. The smallest absolute Gasteiger partial charge is 0.229 e. The normalized spacial score (nSPS) is 24.7. The van der Waals surface area contributed by atoms with Crippen molar-refractivity contribution in [1.29, 1.82) is 0 Å². The van der Waals surface area contributed by atoms with Crippen molar-refractivity contribution in [1.82, 2.24) is 9.88 Å². The number of morpholine rings is 1. The van der Waals surface area contributed by atoms with E-state index in [2.05, 4.69) is 24.0 Å². The molecule has 4 nitrogen and oxygen atoms in total. The average molecular weight is 330 g/mol. The topological polar surface area (TPSA) is 42.4 Å². The molecule has 1 aliphatic heterocycles. The molecule has 2 aromatic rings. The number of benzene rings is 1. The molecule has 0 spiro atoms. The van der Waals surface area contributed by atoms with Crippen molar-refractivity contribution in [2.75, 3.05) is 6.61 Å². The third-order valence-corrected chi connectivity index (χ3v) is 5.11. The number of thiazole rings is 1. The van der Waals surface area contributed by atoms with E-state index in [0.717, 1.165) is 16.3 Å². The Morgan fingerprint density at radius 3 is 2.74 bits per heavy atom. The third kappa shape index (κ3) is 3.46. The molecular weight excluding hydrogens is 308 g/mol. The summed E-state index contributed by atoms with van der Waals surface area (Å²) in [6.07, 6.45) is 0.286. The molecule has 0 N–H and O–H groups in total. The van der Waals surface area contributed by atoms with Crippen molar-refractivity contribution in [3.05, 3.63) is 52.0 Å². The third-order valence-electron chi connectivity index (χ3n) is 4.28. The molecule has 1 fully saturated rings. The van der Waals surface area contributed by atoms with Crippen LogP contribution < -0.4 is 0 Å². The van der Waals surface area contributed by atoms with Gasteiger partial charge in [0.2, 0.25) is 5.91 Å². The van der Waals surface area contributed by atoms with E-state index in [1.807, 2.05) is 42.3 Å². The predicted octanol–water partition coefficient (Wildman–Crippen LogP) is 3.37. The molecular formula is C18H22N2O2S. The molecule has 23 heavy (non-hydrogen) atoms. The number of carbonyl (C=O) groups excluding carboxylic acids is 1. The lowest BCUT2D eigenvalue weighted by Crippen LogP contribution is -2.54. The first-order valence-corrected chi connectivity index (χ1v) is 8.83. The monoisotopic (exact) mass is 330 g/mol. The van der Waals surface area contributed by atoms with Crippen LogP contribution in [0.4, 0.5) is 0 Å². The summed E-state index contributed by atoms with van der Waals surface area (Å²) in [7, 11) is 0. The van der Waals surface area contributed by atoms with E-state index in [0.29, 0.717) is 13.0 Å². The zero-order valence-corrected chi connectivity index (χ0v) is 14.5. The molecule has 0 aliphatic carbocycles. The zero-order valence-electron chi connectivity index (χ0n) is 13.7. The summed E-state index contributed by atoms with van der Waals surface area (Å²) in [5.41, 5.74) is 1.98. The van der Waals surface area contributed by atoms with Crippen LogP contribution in [0, 0.1) is 6.92 Å². The highest BCUT2D eigenvalue weighted by Gasteiger charge is 2.37. The number of amides is 1. The lowest BCUT2D eigenvalue weighted by molar-refractivity contribution is -0.152. The van der Waals surface area contributed by atoms with Crippen LogP contribution in [0.25, 0.3) is 0 Å². The second kappa shape index (κ2) is 6.81. The van der Waals surface area contributed by atoms with Crippen molar-refractivity contribution in [2.24, 2.45) is 0 Å². The first kappa shape index (κ1) is 16.1. The SMILES string of the molecule is Cc1nc(CC(=O)N2C(C)COC(c3ccccc3)C2C)cs1. The van der Waals surface area contributed by atoms with Crippen LogP contribution >= 0.6 is 11.3 Å². The van der Waals surface area contributed by atoms with Gasteiger partial charge in [0.15, 0.2) is 0 Å². The number of aromatic nitrogens is 1. The highest BCUT2D eigenvalue weighted by Crippen LogP contribution is 2.31. The molecule has 122 valence electrons. The fraction of sp³-hybridized carbons (Fsp3) is 0.444. The molecule has 1 saturated heterocycles. The first-order chi connectivity index (χ1) is 11.1. The van der Waals surface area contributed by atoms with Crippen LogP contribution in [0.15, 0.2) is 35.7 Å².